The van der Waals surface area contributed by atoms with Crippen LogP contribution >= 0.6 is 0 Å². The van der Waals surface area contributed by atoms with Crippen molar-refractivity contribution in [3.05, 3.63) is 35.4 Å². The topological polar surface area (TPSA) is 75.7 Å². The van der Waals surface area contributed by atoms with Crippen molar-refractivity contribution in [2.24, 2.45) is 0 Å². The Morgan fingerprint density at radius 2 is 1.92 bits per heavy atom. The molecule has 1 amide bonds. The van der Waals surface area contributed by atoms with Gasteiger partial charge in [0, 0.05) is 19.1 Å². The van der Waals surface area contributed by atoms with E-state index in [9.17, 15) is 13.2 Å². The first kappa shape index (κ1) is 19.7. The van der Waals surface area contributed by atoms with Gasteiger partial charge in [-0.05, 0) is 46.1 Å². The molecule has 1 aliphatic heterocycles. The van der Waals surface area contributed by atoms with Crippen LogP contribution < -0.4 is 4.72 Å². The van der Waals surface area contributed by atoms with Crippen LogP contribution in [0.5, 0.6) is 0 Å². The Kier molecular flexibility index (Phi) is 6.11. The zero-order valence-electron chi connectivity index (χ0n) is 15.4. The predicted octanol–water partition coefficient (Wildman–Crippen LogP) is 2.81. The third-order valence-electron chi connectivity index (χ3n) is 4.02. The molecular weight excluding hydrogens is 340 g/mol. The fourth-order valence-electron chi connectivity index (χ4n) is 2.79. The summed E-state index contributed by atoms with van der Waals surface area (Å²) < 4.78 is 32.6. The van der Waals surface area contributed by atoms with Crippen LogP contribution in [0.1, 0.15) is 44.7 Å². The molecule has 7 heteroatoms. The maximum Gasteiger partial charge on any atom is 0.410 e. The van der Waals surface area contributed by atoms with E-state index in [0.29, 0.717) is 6.54 Å². The largest absolute Gasteiger partial charge is 0.444 e. The number of nitrogens with one attached hydrogen (secondary N) is 1. The number of nitrogens with zero attached hydrogens (tertiary/aromatic N) is 1. The van der Waals surface area contributed by atoms with Crippen LogP contribution in [0.4, 0.5) is 4.79 Å². The molecule has 140 valence electrons. The number of rotatable bonds is 5. The van der Waals surface area contributed by atoms with E-state index >= 15 is 0 Å². The minimum absolute atomic E-state index is 0.0631. The van der Waals surface area contributed by atoms with Crippen molar-refractivity contribution in [1.29, 1.82) is 0 Å². The van der Waals surface area contributed by atoms with Crippen LogP contribution in [-0.4, -0.2) is 44.1 Å². The molecule has 0 saturated carbocycles. The summed E-state index contributed by atoms with van der Waals surface area (Å²) in [5.74, 6) is -0.0631. The highest BCUT2D eigenvalue weighted by molar-refractivity contribution is 7.88. The Labute approximate surface area is 150 Å². The molecular formula is C18H28N2O4S. The number of carbonyl (C=O) groups is 1. The first-order chi connectivity index (χ1) is 11.6. The molecule has 0 bridgehead atoms. The first-order valence-corrected chi connectivity index (χ1v) is 10.2. The van der Waals surface area contributed by atoms with Crippen LogP contribution in [0.15, 0.2) is 24.3 Å². The molecule has 1 heterocycles. The summed E-state index contributed by atoms with van der Waals surface area (Å²) in [7, 11) is -3.45. The molecule has 1 fully saturated rings. The van der Waals surface area contributed by atoms with Gasteiger partial charge in [0.2, 0.25) is 10.0 Å². The monoisotopic (exact) mass is 368 g/mol. The average molecular weight is 368 g/mol. The van der Waals surface area contributed by atoms with Crippen LogP contribution in [-0.2, 0) is 20.5 Å². The van der Waals surface area contributed by atoms with Crippen molar-refractivity contribution in [3.8, 4) is 0 Å². The summed E-state index contributed by atoms with van der Waals surface area (Å²) >= 11 is 0. The fraction of sp³-hybridized carbons (Fsp3) is 0.611. The van der Waals surface area contributed by atoms with Crippen LogP contribution in [0.3, 0.4) is 0 Å². The maximum absolute atomic E-state index is 12.3. The molecule has 0 spiro atoms. The second-order valence-corrected chi connectivity index (χ2v) is 9.37. The third kappa shape index (κ3) is 6.32. The lowest BCUT2D eigenvalue weighted by Crippen LogP contribution is -2.45. The number of likely N-dealkylation sites (tertiary alicyclic amines) is 1. The van der Waals surface area contributed by atoms with Crippen molar-refractivity contribution in [1.82, 2.24) is 9.62 Å². The Morgan fingerprint density at radius 1 is 1.28 bits per heavy atom. The minimum atomic E-state index is -3.45. The lowest BCUT2D eigenvalue weighted by atomic mass is 10.2. The van der Waals surface area contributed by atoms with Gasteiger partial charge in [-0.15, -0.1) is 0 Å². The highest BCUT2D eigenvalue weighted by Crippen LogP contribution is 2.20. The molecule has 6 nitrogen and oxygen atoms in total. The molecule has 1 unspecified atom stereocenters. The highest BCUT2D eigenvalue weighted by atomic mass is 32.2. The SMILES string of the molecule is Cc1ccc(CS(=O)(=O)NCC2CCCN2C(=O)OC(C)(C)C)cc1. The van der Waals surface area contributed by atoms with Gasteiger partial charge >= 0.3 is 6.09 Å². The number of sulfonamides is 1. The van der Waals surface area contributed by atoms with Gasteiger partial charge in [-0.25, -0.2) is 17.9 Å². The summed E-state index contributed by atoms with van der Waals surface area (Å²) in [5.41, 5.74) is 1.27. The number of hydrogen-bond donors (Lipinski definition) is 1. The molecule has 1 N–H and O–H groups in total. The number of hydrogen-bond acceptors (Lipinski definition) is 4. The van der Waals surface area contributed by atoms with E-state index in [1.54, 1.807) is 4.90 Å². The summed E-state index contributed by atoms with van der Waals surface area (Å²) in [6, 6.07) is 7.26. The van der Waals surface area contributed by atoms with Crippen molar-refractivity contribution in [2.45, 2.75) is 57.9 Å². The Hall–Kier alpha value is -1.60. The number of benzene rings is 1. The van der Waals surface area contributed by atoms with Gasteiger partial charge in [0.1, 0.15) is 5.60 Å². The van der Waals surface area contributed by atoms with E-state index in [-0.39, 0.29) is 24.4 Å². The van der Waals surface area contributed by atoms with Gasteiger partial charge in [-0.3, -0.25) is 0 Å². The highest BCUT2D eigenvalue weighted by Gasteiger charge is 2.32. The van der Waals surface area contributed by atoms with E-state index in [1.807, 2.05) is 52.0 Å². The smallest absolute Gasteiger partial charge is 0.410 e. The van der Waals surface area contributed by atoms with E-state index in [2.05, 4.69) is 4.72 Å². The number of ether oxygens (including phenoxy) is 1. The van der Waals surface area contributed by atoms with E-state index in [1.165, 1.54) is 0 Å². The number of carbonyl (C=O) groups excluding carboxylic acids is 1. The fourth-order valence-corrected chi connectivity index (χ4v) is 3.97. The molecule has 2 rings (SSSR count). The number of aryl methyl sites for hydroxylation is 1. The Morgan fingerprint density at radius 3 is 2.52 bits per heavy atom. The van der Waals surface area contributed by atoms with Crippen molar-refractivity contribution >= 4 is 16.1 Å². The van der Waals surface area contributed by atoms with Gasteiger partial charge in [0.25, 0.3) is 0 Å². The number of amides is 1. The van der Waals surface area contributed by atoms with Gasteiger partial charge in [-0.2, -0.15) is 0 Å². The average Bonchev–Trinajstić information content (AvgIpc) is 2.94. The first-order valence-electron chi connectivity index (χ1n) is 8.58. The lowest BCUT2D eigenvalue weighted by molar-refractivity contribution is 0.0229. The molecule has 1 aromatic carbocycles. The van der Waals surface area contributed by atoms with E-state index < -0.39 is 15.6 Å². The minimum Gasteiger partial charge on any atom is -0.444 e. The van der Waals surface area contributed by atoms with Gasteiger partial charge < -0.3 is 9.64 Å². The maximum atomic E-state index is 12.3. The predicted molar refractivity (Wildman–Crippen MR) is 97.8 cm³/mol. The molecule has 1 aromatic rings. The van der Waals surface area contributed by atoms with Crippen molar-refractivity contribution in [2.75, 3.05) is 13.1 Å². The van der Waals surface area contributed by atoms with Crippen LogP contribution in [0.25, 0.3) is 0 Å². The quantitative estimate of drug-likeness (QED) is 0.867. The van der Waals surface area contributed by atoms with Gasteiger partial charge in [-0.1, -0.05) is 29.8 Å². The molecule has 0 radical (unpaired) electrons. The third-order valence-corrected chi connectivity index (χ3v) is 5.34. The van der Waals surface area contributed by atoms with Crippen molar-refractivity contribution in [3.63, 3.8) is 0 Å². The Bertz CT molecular complexity index is 693. The standard InChI is InChI=1S/C18H28N2O4S/c1-14-7-9-15(10-8-14)13-25(22,23)19-12-16-6-5-11-20(16)17(21)24-18(2,3)4/h7-10,16,19H,5-6,11-13H2,1-4H3. The molecule has 25 heavy (non-hydrogen) atoms. The normalized spacial score (nSPS) is 18.4. The Balaban J connectivity index is 1.92. The van der Waals surface area contributed by atoms with Crippen LogP contribution in [0.2, 0.25) is 0 Å². The molecule has 1 aliphatic rings. The zero-order valence-corrected chi connectivity index (χ0v) is 16.2. The van der Waals surface area contributed by atoms with Crippen LogP contribution in [0, 0.1) is 6.92 Å². The molecule has 1 saturated heterocycles. The van der Waals surface area contributed by atoms with E-state index in [4.69, 9.17) is 4.74 Å². The second-order valence-electron chi connectivity index (χ2n) is 7.56. The summed E-state index contributed by atoms with van der Waals surface area (Å²) in [6.45, 7) is 8.23. The summed E-state index contributed by atoms with van der Waals surface area (Å²) in [6.07, 6.45) is 1.24. The lowest BCUT2D eigenvalue weighted by Gasteiger charge is -2.28. The van der Waals surface area contributed by atoms with Crippen molar-refractivity contribution < 1.29 is 17.9 Å². The van der Waals surface area contributed by atoms with Gasteiger partial charge in [0.05, 0.1) is 5.75 Å². The molecule has 1 atom stereocenters. The van der Waals surface area contributed by atoms with E-state index in [0.717, 1.165) is 24.0 Å². The zero-order chi connectivity index (χ0) is 18.7. The molecule has 0 aliphatic carbocycles. The summed E-state index contributed by atoms with van der Waals surface area (Å²) in [4.78, 5) is 13.9. The van der Waals surface area contributed by atoms with Gasteiger partial charge in [0.15, 0.2) is 0 Å². The second kappa shape index (κ2) is 7.74. The summed E-state index contributed by atoms with van der Waals surface area (Å²) in [5, 5.41) is 0. The molecule has 0 aromatic heterocycles.